The molecule has 1 radical (unpaired) electrons. The van der Waals surface area contributed by atoms with Crippen molar-refractivity contribution in [3.8, 4) is 5.88 Å². The molecule has 5 heterocycles. The van der Waals surface area contributed by atoms with Crippen molar-refractivity contribution in [3.05, 3.63) is 123 Å². The zero-order valence-corrected chi connectivity index (χ0v) is 85.1. The zero-order chi connectivity index (χ0) is 101. The molecule has 0 spiro atoms. The van der Waals surface area contributed by atoms with E-state index in [4.69, 9.17) is 89.4 Å². The predicted molar refractivity (Wildman–Crippen MR) is 508 cm³/mol. The molecule has 2 N–H and O–H groups in total. The normalized spacial score (nSPS) is 16.5. The fourth-order valence-corrected chi connectivity index (χ4v) is 15.0. The fourth-order valence-electron chi connectivity index (χ4n) is 15.0. The molecule has 2 amide bonds. The van der Waals surface area contributed by atoms with Gasteiger partial charge in [-0.15, -0.1) is 5.10 Å². The molecule has 7 unspecified atom stereocenters. The Morgan fingerprint density at radius 2 is 0.957 bits per heavy atom. The van der Waals surface area contributed by atoms with Gasteiger partial charge in [0.05, 0.1) is 110 Å². The summed E-state index contributed by atoms with van der Waals surface area (Å²) in [7, 11) is 3.20. The predicted octanol–water partition coefficient (Wildman–Crippen LogP) is 13.2. The average Bonchev–Trinajstić information content (AvgIpc) is 1.51. The third-order valence-corrected chi connectivity index (χ3v) is 23.3. The summed E-state index contributed by atoms with van der Waals surface area (Å²) >= 11 is 0. The van der Waals surface area contributed by atoms with Crippen molar-refractivity contribution in [1.82, 2.24) is 40.6 Å². The van der Waals surface area contributed by atoms with Crippen LogP contribution in [0, 0.1) is 46.3 Å². The Morgan fingerprint density at radius 3 is 1.40 bits per heavy atom. The maximum atomic E-state index is 13.3. The van der Waals surface area contributed by atoms with E-state index in [2.05, 4.69) is 90.9 Å². The molecule has 2 aromatic carbocycles. The second kappa shape index (κ2) is 63.8. The van der Waals surface area contributed by atoms with Crippen molar-refractivity contribution in [2.24, 2.45) is 46.3 Å². The van der Waals surface area contributed by atoms with E-state index >= 15 is 0 Å². The number of likely N-dealkylation sites (N-methyl/N-ethyl adjacent to an activating group) is 2. The average molecular weight is 2000 g/mol. The first-order valence-corrected chi connectivity index (χ1v) is 47.4. The third-order valence-electron chi connectivity index (χ3n) is 23.3. The SMILES string of the molecule is C1CCOC1.C=C(C)C(=O)OCCNC(=O)OCc1cn(CCN(CC)c2ccc3c(COC(=O)OC4CC(C)CCC4C(C)C)cc(=O)oc3c2)nn1.C=C(C)C(=O)OCCOCCOCCOC.CCN(CCn1cc(OC(=O)NCCOC(=O)C(C)(C)CC(=O)C(C)(CC)C(=O)OCCOCCOCCOC)nn1)c1ccc2c(COC(=O)OC3CC(C)CCC3C(C)C)cc(=O)oc2c1.[V]. The molecule has 3 aliphatic rings. The maximum absolute atomic E-state index is 13.3. The quantitative estimate of drug-likeness (QED) is 0.00894. The summed E-state index contributed by atoms with van der Waals surface area (Å²) in [4.78, 5) is 141. The number of nitrogens with zero attached hydrogens (tertiary/aromatic N) is 8. The number of carbonyl (C=O) groups is 9. The number of ether oxygens (including phenoxy) is 17. The second-order valence-corrected chi connectivity index (χ2v) is 35.4. The van der Waals surface area contributed by atoms with Gasteiger partial charge in [0.25, 0.3) is 5.88 Å². The first-order chi connectivity index (χ1) is 66.0. The van der Waals surface area contributed by atoms with Gasteiger partial charge in [0.2, 0.25) is 0 Å². The Bertz CT molecular complexity index is 4910. The first kappa shape index (κ1) is 119. The molecule has 40 nitrogen and oxygen atoms in total. The van der Waals surface area contributed by atoms with Crippen molar-refractivity contribution < 1.29 is 151 Å². The van der Waals surface area contributed by atoms with Gasteiger partial charge in [0, 0.05) is 147 Å². The van der Waals surface area contributed by atoms with Gasteiger partial charge in [-0.1, -0.05) is 90.0 Å². The molecule has 2 saturated carbocycles. The number of hydrogen-bond acceptors (Lipinski definition) is 36. The van der Waals surface area contributed by atoms with Gasteiger partial charge in [-0.05, 0) is 153 Å². The number of rotatable bonds is 53. The Labute approximate surface area is 825 Å². The Kier molecular flexibility index (Phi) is 54.4. The van der Waals surface area contributed by atoms with Crippen molar-refractivity contribution in [3.63, 3.8) is 0 Å². The van der Waals surface area contributed by atoms with Gasteiger partial charge in [0.15, 0.2) is 5.78 Å². The molecule has 41 heteroatoms. The standard InChI is InChI=1S/C48H71N5O15.C35H47N5O9.C11H20O5.C4H8O.V/c1-10-48(8,44(57)64-25-24-62-23-22-61-21-20-60-9)40(54)29-47(6,7)43(56)63-19-16-49-45(58)68-41-30-53(51-50-41)18-17-52(11-2)35-13-15-37-34(27-42(55)66-39(37)28-35)31-65-46(59)67-38-26-33(5)12-14-36(38)32(3)4;1-7-39(13-14-40-19-26(37-38-40)21-46-34(43)36-12-15-45-33(42)23(4)5)27-9-11-29-25(17-32(41)48-31(29)18-27)20-47-35(44)49-30-16-24(6)8-10-28(30)22(2)3;1-10(2)11(12)16-9-8-15-7-6-14-5-4-13-3;1-2-4-5-3-1;/h13,15,27-28,30,32-33,36,38H,10-12,14,16-26,29,31H2,1-9H3,(H,49,58);9,11,17-19,22,24,28,30H,4,7-8,10,12-16,20-21H2,1-3,5-6H3,(H,36,43);1,4-9H2,2-3H3;1-4H2;. The van der Waals surface area contributed by atoms with Crippen LogP contribution in [0.15, 0.2) is 104 Å². The van der Waals surface area contributed by atoms with E-state index in [9.17, 15) is 52.7 Å². The van der Waals surface area contributed by atoms with Crippen LogP contribution in [-0.2, 0) is 151 Å². The first-order valence-electron chi connectivity index (χ1n) is 47.4. The van der Waals surface area contributed by atoms with Crippen LogP contribution in [0.25, 0.3) is 21.9 Å². The van der Waals surface area contributed by atoms with Crippen LogP contribution in [0.2, 0.25) is 0 Å². The van der Waals surface area contributed by atoms with Crippen molar-refractivity contribution in [2.45, 2.75) is 206 Å². The van der Waals surface area contributed by atoms with Gasteiger partial charge in [-0.25, -0.2) is 43.0 Å². The summed E-state index contributed by atoms with van der Waals surface area (Å²) in [6, 6.07) is 13.7. The molecule has 4 aromatic heterocycles. The van der Waals surface area contributed by atoms with Crippen molar-refractivity contribution >= 4 is 87.5 Å². The minimum atomic E-state index is -1.48. The smallest absolute Gasteiger partial charge is 0.463 e. The molecule has 139 heavy (non-hydrogen) atoms. The second-order valence-electron chi connectivity index (χ2n) is 35.4. The number of methoxy groups -OCH3 is 2. The molecule has 1 saturated heterocycles. The number of ketones is 1. The van der Waals surface area contributed by atoms with E-state index in [1.54, 1.807) is 51.1 Å². The molecule has 0 bridgehead atoms. The number of hydrogen-bond donors (Lipinski definition) is 2. The summed E-state index contributed by atoms with van der Waals surface area (Å²) in [5, 5.41) is 22.4. The molecule has 1 aliphatic heterocycles. The Balaban J connectivity index is 0.000000414. The van der Waals surface area contributed by atoms with E-state index in [0.29, 0.717) is 173 Å². The van der Waals surface area contributed by atoms with Crippen molar-refractivity contribution in [2.75, 3.05) is 169 Å². The number of alkyl carbamates (subject to hydrolysis) is 1. The molecule has 3 fully saturated rings. The van der Waals surface area contributed by atoms with Gasteiger partial charge in [-0.2, -0.15) is 0 Å². The molecule has 9 rings (SSSR count). The van der Waals surface area contributed by atoms with Crippen LogP contribution in [0.4, 0.5) is 30.6 Å². The van der Waals surface area contributed by atoms with Gasteiger partial charge in [0.1, 0.15) is 80.7 Å². The minimum Gasteiger partial charge on any atom is -0.463 e. The van der Waals surface area contributed by atoms with Gasteiger partial charge in [-0.3, -0.25) is 19.1 Å². The number of fused-ring (bicyclic) bond motifs is 2. The van der Waals surface area contributed by atoms with Crippen LogP contribution in [-0.4, -0.2) is 256 Å². The Hall–Kier alpha value is -10.8. The maximum Gasteiger partial charge on any atom is 0.508 e. The minimum absolute atomic E-state index is 0. The number of carbonyl (C=O) groups excluding carboxylic acids is 9. The number of aromatic nitrogens is 6. The van der Waals surface area contributed by atoms with Crippen LogP contribution in [0.1, 0.15) is 178 Å². The van der Waals surface area contributed by atoms with Gasteiger partial charge < -0.3 is 110 Å². The molecular formula is C98H146N10O30V. The number of Topliss-reactive ketones (excluding diaryl/α,β-unsaturated/α-hetero) is 1. The molecule has 7 atom stereocenters. The van der Waals surface area contributed by atoms with E-state index < -0.39 is 70.3 Å². The summed E-state index contributed by atoms with van der Waals surface area (Å²) < 4.78 is 103. The van der Waals surface area contributed by atoms with Crippen LogP contribution in [0.5, 0.6) is 5.88 Å². The summed E-state index contributed by atoms with van der Waals surface area (Å²) in [5.74, 6) is -0.553. The van der Waals surface area contributed by atoms with E-state index in [-0.39, 0.29) is 133 Å². The number of benzene rings is 2. The van der Waals surface area contributed by atoms with E-state index in [1.165, 1.54) is 63.5 Å². The number of amides is 2. The molecule has 2 aliphatic carbocycles. The molecular weight excluding hydrogens is 1850 g/mol. The largest absolute Gasteiger partial charge is 0.508 e. The monoisotopic (exact) mass is 1990 g/mol. The summed E-state index contributed by atoms with van der Waals surface area (Å²) in [6.45, 7) is 42.2. The number of nitrogens with one attached hydrogen (secondary N) is 2. The van der Waals surface area contributed by atoms with Gasteiger partial charge >= 0.3 is 59.6 Å². The zero-order valence-electron chi connectivity index (χ0n) is 83.7. The van der Waals surface area contributed by atoms with Crippen molar-refractivity contribution in [1.29, 1.82) is 0 Å². The molecule has 6 aromatic rings. The summed E-state index contributed by atoms with van der Waals surface area (Å²) in [5.41, 5.74) is 0.603. The fraction of sp³-hybridized carbons (Fsp3) is 0.643. The van der Waals surface area contributed by atoms with Crippen LogP contribution >= 0.6 is 0 Å². The van der Waals surface area contributed by atoms with E-state index in [0.717, 1.165) is 63.1 Å². The van der Waals surface area contributed by atoms with Crippen LogP contribution in [0.3, 0.4) is 0 Å². The van der Waals surface area contributed by atoms with E-state index in [1.807, 2.05) is 43.0 Å². The number of esters is 4. The Morgan fingerprint density at radius 1 is 0.525 bits per heavy atom. The number of anilines is 2. The topological polar surface area (TPSA) is 463 Å². The summed E-state index contributed by atoms with van der Waals surface area (Å²) in [6.07, 6.45) is 8.03. The molecule has 773 valence electrons. The van der Waals surface area contributed by atoms with Crippen LogP contribution < -0.4 is 36.4 Å². The third kappa shape index (κ3) is 43.0.